The third-order valence-corrected chi connectivity index (χ3v) is 1.52. The highest BCUT2D eigenvalue weighted by Crippen LogP contribution is 2.12. The second kappa shape index (κ2) is 3.33. The number of benzene rings is 1. The Morgan fingerprint density at radius 1 is 1.45 bits per heavy atom. The van der Waals surface area contributed by atoms with Gasteiger partial charge in [0.15, 0.2) is 0 Å². The van der Waals surface area contributed by atoms with E-state index in [4.69, 9.17) is 0 Å². The minimum atomic E-state index is -0.151. The van der Waals surface area contributed by atoms with Gasteiger partial charge in [0, 0.05) is 5.56 Å². The largest absolute Gasteiger partial charge is 0.206 e. The van der Waals surface area contributed by atoms with E-state index in [1.54, 1.807) is 32.1 Å². The van der Waals surface area contributed by atoms with Crippen LogP contribution in [-0.4, -0.2) is 0 Å². The summed E-state index contributed by atoms with van der Waals surface area (Å²) in [7, 11) is 0. The number of rotatable bonds is 1. The maximum Gasteiger partial charge on any atom is 0.133 e. The molecular weight excluding hydrogens is 139 g/mol. The normalized spacial score (nSPS) is 10.8. The Labute approximate surface area is 66.4 Å². The lowest BCUT2D eigenvalue weighted by molar-refractivity contribution is 0.616. The van der Waals surface area contributed by atoms with Crippen LogP contribution in [0.15, 0.2) is 18.2 Å². The Kier molecular flexibility index (Phi) is 2.42. The average molecular weight is 149 g/mol. The van der Waals surface area contributed by atoms with Crippen molar-refractivity contribution in [2.75, 3.05) is 0 Å². The lowest BCUT2D eigenvalue weighted by Gasteiger charge is -1.98. The Bertz CT molecular complexity index is 274. The van der Waals surface area contributed by atoms with Crippen LogP contribution in [0, 0.1) is 18.8 Å². The summed E-state index contributed by atoms with van der Waals surface area (Å²) in [5.41, 5.74) is 1.28. The summed E-state index contributed by atoms with van der Waals surface area (Å²) in [6.45, 7) is 3.50. The van der Waals surface area contributed by atoms with E-state index in [0.717, 1.165) is 0 Å². The van der Waals surface area contributed by atoms with E-state index in [1.807, 2.05) is 6.07 Å². The fraction of sp³-hybridized carbons (Fsp3) is 0.200. The fourth-order valence-corrected chi connectivity index (χ4v) is 0.937. The van der Waals surface area contributed by atoms with Gasteiger partial charge < -0.3 is 0 Å². The van der Waals surface area contributed by atoms with Crippen LogP contribution in [0.5, 0.6) is 0 Å². The molecule has 0 N–H and O–H groups in total. The zero-order valence-electron chi connectivity index (χ0n) is 6.69. The van der Waals surface area contributed by atoms with Crippen molar-refractivity contribution in [2.45, 2.75) is 13.8 Å². The number of hydrogen-bond donors (Lipinski definition) is 0. The molecule has 0 unspecified atom stereocenters. The smallest absolute Gasteiger partial charge is 0.133 e. The zero-order chi connectivity index (χ0) is 8.27. The SMILES string of the molecule is C[C]=Cc1cccc(C)c1F. The topological polar surface area (TPSA) is 0 Å². The lowest BCUT2D eigenvalue weighted by atomic mass is 10.1. The molecule has 0 nitrogen and oxygen atoms in total. The van der Waals surface area contributed by atoms with Crippen LogP contribution >= 0.6 is 0 Å². The summed E-state index contributed by atoms with van der Waals surface area (Å²) in [6, 6.07) is 5.32. The molecule has 0 spiro atoms. The number of aryl methyl sites for hydroxylation is 1. The molecule has 0 amide bonds. The molecule has 0 bridgehead atoms. The molecule has 0 saturated carbocycles. The molecule has 0 saturated heterocycles. The molecule has 0 aromatic heterocycles. The van der Waals surface area contributed by atoms with E-state index in [1.165, 1.54) is 0 Å². The zero-order valence-corrected chi connectivity index (χ0v) is 6.69. The van der Waals surface area contributed by atoms with Crippen molar-refractivity contribution in [3.05, 3.63) is 41.2 Å². The molecule has 1 aromatic carbocycles. The molecule has 1 aromatic rings. The number of allylic oxidation sites excluding steroid dienone is 1. The molecule has 0 atom stereocenters. The van der Waals surface area contributed by atoms with Crippen LogP contribution in [0.1, 0.15) is 18.1 Å². The molecular formula is C10H10F. The summed E-state index contributed by atoms with van der Waals surface area (Å²) in [5.74, 6) is -0.151. The average Bonchev–Trinajstić information content (AvgIpc) is 1.99. The highest BCUT2D eigenvalue weighted by molar-refractivity contribution is 5.49. The summed E-state index contributed by atoms with van der Waals surface area (Å²) in [5, 5.41) is 0. The van der Waals surface area contributed by atoms with Crippen molar-refractivity contribution in [1.82, 2.24) is 0 Å². The van der Waals surface area contributed by atoms with Gasteiger partial charge in [-0.2, -0.15) is 0 Å². The number of halogens is 1. The van der Waals surface area contributed by atoms with Crippen molar-refractivity contribution in [3.63, 3.8) is 0 Å². The molecule has 1 heteroatoms. The van der Waals surface area contributed by atoms with Crippen molar-refractivity contribution in [1.29, 1.82) is 0 Å². The first-order valence-electron chi connectivity index (χ1n) is 3.51. The standard InChI is InChI=1S/C10H10F/c1-3-5-9-7-4-6-8(2)10(9)11/h4-7H,1-2H3. The highest BCUT2D eigenvalue weighted by atomic mass is 19.1. The van der Waals surface area contributed by atoms with E-state index in [0.29, 0.717) is 11.1 Å². The third-order valence-electron chi connectivity index (χ3n) is 1.52. The molecule has 0 aliphatic carbocycles. The van der Waals surface area contributed by atoms with E-state index in [-0.39, 0.29) is 5.82 Å². The fourth-order valence-electron chi connectivity index (χ4n) is 0.937. The molecule has 57 valence electrons. The number of hydrogen-bond acceptors (Lipinski definition) is 0. The highest BCUT2D eigenvalue weighted by Gasteiger charge is 1.99. The van der Waals surface area contributed by atoms with E-state index in [9.17, 15) is 4.39 Å². The Balaban J connectivity index is 3.16. The van der Waals surface area contributed by atoms with Crippen LogP contribution in [0.4, 0.5) is 4.39 Å². The van der Waals surface area contributed by atoms with E-state index < -0.39 is 0 Å². The van der Waals surface area contributed by atoms with Gasteiger partial charge in [-0.15, -0.1) is 0 Å². The molecule has 0 aliphatic rings. The second-order valence-corrected chi connectivity index (χ2v) is 2.41. The van der Waals surface area contributed by atoms with Gasteiger partial charge in [0.25, 0.3) is 0 Å². The maximum absolute atomic E-state index is 13.1. The molecule has 0 aliphatic heterocycles. The molecule has 1 rings (SSSR count). The minimum absolute atomic E-state index is 0.151. The minimum Gasteiger partial charge on any atom is -0.206 e. The summed E-state index contributed by atoms with van der Waals surface area (Å²) >= 11 is 0. The Hall–Kier alpha value is -1.11. The van der Waals surface area contributed by atoms with Gasteiger partial charge in [-0.1, -0.05) is 18.2 Å². The van der Waals surface area contributed by atoms with Crippen molar-refractivity contribution in [2.24, 2.45) is 0 Å². The second-order valence-electron chi connectivity index (χ2n) is 2.41. The molecule has 11 heavy (non-hydrogen) atoms. The van der Waals surface area contributed by atoms with Crippen LogP contribution in [0.25, 0.3) is 6.08 Å². The van der Waals surface area contributed by atoms with Gasteiger partial charge in [0.2, 0.25) is 0 Å². The predicted octanol–water partition coefficient (Wildman–Crippen LogP) is 2.97. The van der Waals surface area contributed by atoms with Crippen LogP contribution in [-0.2, 0) is 0 Å². The van der Waals surface area contributed by atoms with Crippen LogP contribution in [0.3, 0.4) is 0 Å². The quantitative estimate of drug-likeness (QED) is 0.575. The molecule has 0 fully saturated rings. The molecule has 0 heterocycles. The Morgan fingerprint density at radius 3 is 2.82 bits per heavy atom. The third kappa shape index (κ3) is 1.67. The van der Waals surface area contributed by atoms with Gasteiger partial charge in [-0.25, -0.2) is 4.39 Å². The van der Waals surface area contributed by atoms with Crippen molar-refractivity contribution in [3.8, 4) is 0 Å². The first kappa shape index (κ1) is 7.99. The summed E-state index contributed by atoms with van der Waals surface area (Å²) < 4.78 is 13.1. The van der Waals surface area contributed by atoms with Gasteiger partial charge in [0.05, 0.1) is 0 Å². The van der Waals surface area contributed by atoms with E-state index in [2.05, 4.69) is 6.08 Å². The van der Waals surface area contributed by atoms with Crippen LogP contribution in [0.2, 0.25) is 0 Å². The van der Waals surface area contributed by atoms with Crippen LogP contribution < -0.4 is 0 Å². The molecule has 1 radical (unpaired) electrons. The predicted molar refractivity (Wildman–Crippen MR) is 44.5 cm³/mol. The van der Waals surface area contributed by atoms with Gasteiger partial charge in [0.1, 0.15) is 5.82 Å². The monoisotopic (exact) mass is 149 g/mol. The van der Waals surface area contributed by atoms with E-state index >= 15 is 0 Å². The van der Waals surface area contributed by atoms with Crippen molar-refractivity contribution >= 4 is 6.08 Å². The van der Waals surface area contributed by atoms with Gasteiger partial charge in [-0.05, 0) is 31.6 Å². The summed E-state index contributed by atoms with van der Waals surface area (Å²) in [4.78, 5) is 0. The lowest BCUT2D eigenvalue weighted by Crippen LogP contribution is -1.85. The maximum atomic E-state index is 13.1. The summed E-state index contributed by atoms with van der Waals surface area (Å²) in [6.07, 6.45) is 4.43. The van der Waals surface area contributed by atoms with Gasteiger partial charge in [-0.3, -0.25) is 0 Å². The van der Waals surface area contributed by atoms with Crippen molar-refractivity contribution < 1.29 is 4.39 Å². The van der Waals surface area contributed by atoms with Gasteiger partial charge >= 0.3 is 0 Å². The first-order valence-corrected chi connectivity index (χ1v) is 3.51. The Morgan fingerprint density at radius 2 is 2.18 bits per heavy atom. The first-order chi connectivity index (χ1) is 5.25.